The Morgan fingerprint density at radius 1 is 0.900 bits per heavy atom. The lowest BCUT2D eigenvalue weighted by Gasteiger charge is -2.26. The fraction of sp³-hybridized carbons (Fsp3) is 0.176. The number of aliphatic carboxylic acids is 1. The van der Waals surface area contributed by atoms with Crippen LogP contribution in [0.1, 0.15) is 35.3 Å². The van der Waals surface area contributed by atoms with Gasteiger partial charge in [-0.15, -0.1) is 0 Å². The molecule has 0 aliphatic carbocycles. The highest BCUT2D eigenvalue weighted by Gasteiger charge is 2.23. The molecule has 20 heavy (non-hydrogen) atoms. The van der Waals surface area contributed by atoms with Crippen LogP contribution in [0.25, 0.3) is 0 Å². The molecule has 2 aromatic carbocycles. The summed E-state index contributed by atoms with van der Waals surface area (Å²) in [7, 11) is 0. The molecule has 0 aliphatic heterocycles. The van der Waals surface area contributed by atoms with Crippen LogP contribution in [0, 0.1) is 0 Å². The summed E-state index contributed by atoms with van der Waals surface area (Å²) in [5.41, 5.74) is 0.477. The molecule has 0 bridgehead atoms. The second-order valence-electron chi connectivity index (χ2n) is 5.19. The summed E-state index contributed by atoms with van der Waals surface area (Å²) >= 11 is 0. The van der Waals surface area contributed by atoms with Crippen molar-refractivity contribution in [3.8, 4) is 0 Å². The van der Waals surface area contributed by atoms with Crippen LogP contribution in [0.4, 0.5) is 0 Å². The van der Waals surface area contributed by atoms with Crippen molar-refractivity contribution in [1.82, 2.24) is 0 Å². The molecule has 3 heteroatoms. The third-order valence-corrected chi connectivity index (χ3v) is 3.39. The maximum Gasteiger partial charge on any atom is 0.193 e. The predicted molar refractivity (Wildman–Crippen MR) is 74.3 cm³/mol. The predicted octanol–water partition coefficient (Wildman–Crippen LogP) is 1.95. The van der Waals surface area contributed by atoms with Gasteiger partial charge in [-0.25, -0.2) is 0 Å². The van der Waals surface area contributed by atoms with Crippen molar-refractivity contribution < 1.29 is 14.7 Å². The van der Waals surface area contributed by atoms with E-state index in [2.05, 4.69) is 0 Å². The van der Waals surface area contributed by atoms with Crippen LogP contribution in [0.15, 0.2) is 54.6 Å². The van der Waals surface area contributed by atoms with Crippen molar-refractivity contribution >= 4 is 11.8 Å². The van der Waals surface area contributed by atoms with Gasteiger partial charge in [0.15, 0.2) is 5.78 Å². The number of carbonyl (C=O) groups is 2. The molecule has 0 atom stereocenters. The first kappa shape index (κ1) is 14.0. The largest absolute Gasteiger partial charge is 0.549 e. The minimum Gasteiger partial charge on any atom is -0.549 e. The fourth-order valence-corrected chi connectivity index (χ4v) is 1.92. The van der Waals surface area contributed by atoms with E-state index in [-0.39, 0.29) is 5.78 Å². The Balaban J connectivity index is 2.41. The first-order chi connectivity index (χ1) is 9.43. The molecule has 0 amide bonds. The number of hydrogen-bond acceptors (Lipinski definition) is 3. The molecule has 0 fully saturated rings. The Kier molecular flexibility index (Phi) is 3.70. The number of carboxylic acids is 1. The summed E-state index contributed by atoms with van der Waals surface area (Å²) in [5, 5.41) is 11.2. The lowest BCUT2D eigenvalue weighted by molar-refractivity contribution is -0.312. The average Bonchev–Trinajstić information content (AvgIpc) is 2.47. The van der Waals surface area contributed by atoms with Gasteiger partial charge in [0, 0.05) is 16.5 Å². The van der Waals surface area contributed by atoms with Crippen LogP contribution in [0.2, 0.25) is 0 Å². The van der Waals surface area contributed by atoms with E-state index in [1.54, 1.807) is 62.4 Å². The molecule has 3 nitrogen and oxygen atoms in total. The second-order valence-corrected chi connectivity index (χ2v) is 5.19. The van der Waals surface area contributed by atoms with Crippen LogP contribution < -0.4 is 5.11 Å². The Morgan fingerprint density at radius 3 is 2.10 bits per heavy atom. The van der Waals surface area contributed by atoms with Crippen molar-refractivity contribution in [3.63, 3.8) is 0 Å². The summed E-state index contributed by atoms with van der Waals surface area (Å²) < 4.78 is 0. The third kappa shape index (κ3) is 2.62. The van der Waals surface area contributed by atoms with E-state index in [1.807, 2.05) is 6.07 Å². The highest BCUT2D eigenvalue weighted by Crippen LogP contribution is 2.24. The normalized spacial score (nSPS) is 11.1. The number of rotatable bonds is 4. The highest BCUT2D eigenvalue weighted by molar-refractivity contribution is 6.09. The molecule has 0 radical (unpaired) electrons. The summed E-state index contributed by atoms with van der Waals surface area (Å²) in [6, 6.07) is 15.6. The van der Waals surface area contributed by atoms with Gasteiger partial charge in [0.1, 0.15) is 0 Å². The van der Waals surface area contributed by atoms with E-state index in [9.17, 15) is 14.7 Å². The summed E-state index contributed by atoms with van der Waals surface area (Å²) in [6.45, 7) is 3.13. The molecule has 0 saturated heterocycles. The van der Waals surface area contributed by atoms with Gasteiger partial charge in [0.2, 0.25) is 0 Å². The first-order valence-corrected chi connectivity index (χ1v) is 6.34. The number of benzene rings is 2. The van der Waals surface area contributed by atoms with Crippen LogP contribution >= 0.6 is 0 Å². The van der Waals surface area contributed by atoms with Gasteiger partial charge < -0.3 is 9.90 Å². The Morgan fingerprint density at radius 2 is 1.50 bits per heavy atom. The van der Waals surface area contributed by atoms with E-state index >= 15 is 0 Å². The lowest BCUT2D eigenvalue weighted by Crippen LogP contribution is -2.41. The molecule has 0 unspecified atom stereocenters. The quantitative estimate of drug-likeness (QED) is 0.795. The molecule has 2 rings (SSSR count). The van der Waals surface area contributed by atoms with Gasteiger partial charge >= 0.3 is 0 Å². The van der Waals surface area contributed by atoms with E-state index < -0.39 is 11.4 Å². The van der Waals surface area contributed by atoms with Crippen LogP contribution in [0.5, 0.6) is 0 Å². The zero-order chi connectivity index (χ0) is 14.8. The molecule has 2 aromatic rings. The first-order valence-electron chi connectivity index (χ1n) is 6.34. The maximum absolute atomic E-state index is 12.3. The third-order valence-electron chi connectivity index (χ3n) is 3.39. The van der Waals surface area contributed by atoms with Gasteiger partial charge in [-0.05, 0) is 11.6 Å². The molecule has 0 N–H and O–H groups in total. The van der Waals surface area contributed by atoms with Gasteiger partial charge in [-0.3, -0.25) is 4.79 Å². The number of hydrogen-bond donors (Lipinski definition) is 0. The van der Waals surface area contributed by atoms with E-state index in [1.165, 1.54) is 0 Å². The number of carbonyl (C=O) groups excluding carboxylic acids is 2. The monoisotopic (exact) mass is 267 g/mol. The summed E-state index contributed by atoms with van der Waals surface area (Å²) in [6.07, 6.45) is 0. The number of ketones is 1. The molecular formula is C17H15O3-. The van der Waals surface area contributed by atoms with E-state index in [0.29, 0.717) is 16.7 Å². The second kappa shape index (κ2) is 5.29. The van der Waals surface area contributed by atoms with Gasteiger partial charge in [-0.2, -0.15) is 0 Å². The lowest BCUT2D eigenvalue weighted by atomic mass is 9.83. The molecule has 0 heterocycles. The molecule has 0 saturated carbocycles. The van der Waals surface area contributed by atoms with E-state index in [0.717, 1.165) is 0 Å². The highest BCUT2D eigenvalue weighted by atomic mass is 16.4. The molecule has 0 aromatic heterocycles. The summed E-state index contributed by atoms with van der Waals surface area (Å²) in [4.78, 5) is 23.5. The molecular weight excluding hydrogens is 252 g/mol. The van der Waals surface area contributed by atoms with Gasteiger partial charge in [0.25, 0.3) is 0 Å². The summed E-state index contributed by atoms with van der Waals surface area (Å²) in [5.74, 6) is -1.29. The molecule has 0 spiro atoms. The van der Waals surface area contributed by atoms with Crippen LogP contribution in [-0.2, 0) is 10.2 Å². The minimum absolute atomic E-state index is 0.124. The van der Waals surface area contributed by atoms with Gasteiger partial charge in [0.05, 0.1) is 5.97 Å². The zero-order valence-electron chi connectivity index (χ0n) is 11.4. The standard InChI is InChI=1S/C17H16O3/c1-17(2,16(19)20)14-10-6-9-13(11-14)15(18)12-7-4-3-5-8-12/h3-11H,1-2H3,(H,19,20)/p-1. The topological polar surface area (TPSA) is 57.2 Å². The Bertz CT molecular complexity index is 642. The van der Waals surface area contributed by atoms with Crippen molar-refractivity contribution in [3.05, 3.63) is 71.3 Å². The Labute approximate surface area is 117 Å². The minimum atomic E-state index is -1.16. The van der Waals surface area contributed by atoms with Crippen molar-refractivity contribution in [2.75, 3.05) is 0 Å². The van der Waals surface area contributed by atoms with Gasteiger partial charge in [-0.1, -0.05) is 62.4 Å². The van der Waals surface area contributed by atoms with E-state index in [4.69, 9.17) is 0 Å². The average molecular weight is 267 g/mol. The maximum atomic E-state index is 12.3. The number of carboxylic acid groups (broad SMARTS) is 1. The SMILES string of the molecule is CC(C)(C(=O)[O-])c1cccc(C(=O)c2ccccc2)c1. The van der Waals surface area contributed by atoms with Crippen molar-refractivity contribution in [2.24, 2.45) is 0 Å². The molecule has 0 aliphatic rings. The zero-order valence-corrected chi connectivity index (χ0v) is 11.4. The van der Waals surface area contributed by atoms with Crippen LogP contribution in [0.3, 0.4) is 0 Å². The fourth-order valence-electron chi connectivity index (χ4n) is 1.92. The molecule has 102 valence electrons. The van der Waals surface area contributed by atoms with Crippen LogP contribution in [-0.4, -0.2) is 11.8 Å². The Hall–Kier alpha value is -2.42. The smallest absolute Gasteiger partial charge is 0.193 e. The van der Waals surface area contributed by atoms with Crippen molar-refractivity contribution in [1.29, 1.82) is 0 Å². The van der Waals surface area contributed by atoms with Crippen molar-refractivity contribution in [2.45, 2.75) is 19.3 Å².